The van der Waals surface area contributed by atoms with Crippen LogP contribution in [0.1, 0.15) is 41.1 Å². The minimum absolute atomic E-state index is 0.0309. The van der Waals surface area contributed by atoms with E-state index in [1.165, 1.54) is 24.5 Å². The summed E-state index contributed by atoms with van der Waals surface area (Å²) >= 11 is 0. The summed E-state index contributed by atoms with van der Waals surface area (Å²) in [6.45, 7) is 5.59. The van der Waals surface area contributed by atoms with Crippen molar-refractivity contribution in [3.8, 4) is 22.8 Å². The minimum Gasteiger partial charge on any atom is -0.468 e. The van der Waals surface area contributed by atoms with Gasteiger partial charge in [-0.3, -0.25) is 9.78 Å². The number of furan rings is 1. The molecular formula is C21H19F2N3O4. The molecule has 3 heterocycles. The van der Waals surface area contributed by atoms with E-state index < -0.39 is 6.29 Å². The number of hydrogen-bond donors (Lipinski definition) is 1. The smallest absolute Gasteiger partial charge is 0.468 e. The number of alkyl halides is 2. The monoisotopic (exact) mass is 415 g/mol. The molecule has 7 nitrogen and oxygen atoms in total. The molecule has 0 spiro atoms. The zero-order chi connectivity index (χ0) is 21.5. The highest BCUT2D eigenvalue weighted by Crippen LogP contribution is 2.44. The van der Waals surface area contributed by atoms with E-state index in [1.54, 1.807) is 13.2 Å². The zero-order valence-corrected chi connectivity index (χ0v) is 16.6. The van der Waals surface area contributed by atoms with E-state index in [1.807, 2.05) is 13.8 Å². The van der Waals surface area contributed by atoms with Gasteiger partial charge in [0.2, 0.25) is 0 Å². The summed E-state index contributed by atoms with van der Waals surface area (Å²) in [5, 5.41) is 2.72. The summed E-state index contributed by atoms with van der Waals surface area (Å²) in [5.74, 6) is 0.456. The number of hydrogen-bond acceptors (Lipinski definition) is 6. The molecule has 0 fully saturated rings. The van der Waals surface area contributed by atoms with Crippen molar-refractivity contribution in [1.29, 1.82) is 0 Å². The second-order valence-corrected chi connectivity index (χ2v) is 6.79. The molecule has 1 aliphatic rings. The Labute approximate surface area is 171 Å². The molecule has 156 valence electrons. The third kappa shape index (κ3) is 3.58. The summed E-state index contributed by atoms with van der Waals surface area (Å²) in [5.41, 5.74) is 3.01. The predicted octanol–water partition coefficient (Wildman–Crippen LogP) is 4.74. The van der Waals surface area contributed by atoms with Crippen molar-refractivity contribution in [2.75, 3.05) is 5.32 Å². The number of ether oxygens (including phenoxy) is 2. The molecule has 2 aromatic heterocycles. The average molecular weight is 415 g/mol. The molecule has 0 saturated carbocycles. The first-order valence-corrected chi connectivity index (χ1v) is 9.44. The number of nitrogens with zero attached hydrogens (tertiary/aromatic N) is 2. The number of carbonyl (C=O) groups is 1. The van der Waals surface area contributed by atoms with Gasteiger partial charge >= 0.3 is 6.29 Å². The van der Waals surface area contributed by atoms with E-state index in [9.17, 15) is 13.6 Å². The second kappa shape index (κ2) is 7.40. The molecule has 3 aromatic rings. The fraction of sp³-hybridized carbons (Fsp3) is 0.286. The summed E-state index contributed by atoms with van der Waals surface area (Å²) in [4.78, 5) is 21.2. The molecule has 1 amide bonds. The molecule has 0 atom stereocenters. The largest absolute Gasteiger partial charge is 0.586 e. The Balaban J connectivity index is 1.56. The molecule has 1 N–H and O–H groups in total. The quantitative estimate of drug-likeness (QED) is 0.648. The van der Waals surface area contributed by atoms with Crippen molar-refractivity contribution in [2.45, 2.75) is 39.9 Å². The summed E-state index contributed by atoms with van der Waals surface area (Å²) in [7, 11) is 0. The number of carbonyl (C=O) groups excluding carboxylic acids is 1. The van der Waals surface area contributed by atoms with E-state index in [4.69, 9.17) is 4.42 Å². The molecule has 1 aliphatic heterocycles. The molecule has 0 bridgehead atoms. The maximum Gasteiger partial charge on any atom is 0.586 e. The SMILES string of the molecule is CCc1coc(CC)c1C(=O)Nc1cnc(-c2cc3c(cc2C)OC(F)(F)O3)cn1. The van der Waals surface area contributed by atoms with Gasteiger partial charge in [0.05, 0.1) is 29.9 Å². The van der Waals surface area contributed by atoms with Crippen LogP contribution in [-0.4, -0.2) is 22.2 Å². The Hall–Kier alpha value is -3.49. The first-order chi connectivity index (χ1) is 14.3. The maximum atomic E-state index is 13.3. The molecule has 1 aromatic carbocycles. The van der Waals surface area contributed by atoms with Gasteiger partial charge in [0.1, 0.15) is 5.76 Å². The Kier molecular flexibility index (Phi) is 4.89. The lowest BCUT2D eigenvalue weighted by molar-refractivity contribution is -0.286. The Bertz CT molecular complexity index is 1090. The summed E-state index contributed by atoms with van der Waals surface area (Å²) in [6, 6.07) is 2.89. The molecule has 0 saturated heterocycles. The van der Waals surface area contributed by atoms with E-state index in [0.29, 0.717) is 41.0 Å². The van der Waals surface area contributed by atoms with Crippen LogP contribution in [0.25, 0.3) is 11.3 Å². The van der Waals surface area contributed by atoms with Crippen LogP contribution in [0, 0.1) is 6.92 Å². The van der Waals surface area contributed by atoms with Crippen LogP contribution in [-0.2, 0) is 12.8 Å². The van der Waals surface area contributed by atoms with Gasteiger partial charge < -0.3 is 19.2 Å². The average Bonchev–Trinajstić information content (AvgIpc) is 3.26. The van der Waals surface area contributed by atoms with Crippen molar-refractivity contribution < 1.29 is 27.5 Å². The van der Waals surface area contributed by atoms with Crippen molar-refractivity contribution in [3.05, 3.63) is 53.2 Å². The number of nitrogens with one attached hydrogen (secondary N) is 1. The van der Waals surface area contributed by atoms with E-state index >= 15 is 0 Å². The van der Waals surface area contributed by atoms with Crippen LogP contribution in [0.3, 0.4) is 0 Å². The number of aromatic nitrogens is 2. The lowest BCUT2D eigenvalue weighted by Crippen LogP contribution is -2.25. The second-order valence-electron chi connectivity index (χ2n) is 6.79. The molecule has 4 rings (SSSR count). The first kappa shape index (κ1) is 19.8. The maximum absolute atomic E-state index is 13.3. The predicted molar refractivity (Wildman–Crippen MR) is 104 cm³/mol. The van der Waals surface area contributed by atoms with Crippen molar-refractivity contribution in [1.82, 2.24) is 9.97 Å². The number of aryl methyl sites for hydroxylation is 3. The van der Waals surface area contributed by atoms with Crippen LogP contribution in [0.4, 0.5) is 14.6 Å². The van der Waals surface area contributed by atoms with E-state index in [2.05, 4.69) is 24.8 Å². The van der Waals surface area contributed by atoms with Crippen LogP contribution >= 0.6 is 0 Å². The van der Waals surface area contributed by atoms with E-state index in [-0.39, 0.29) is 23.2 Å². The van der Waals surface area contributed by atoms with Gasteiger partial charge in [-0.05, 0) is 31.0 Å². The number of halogens is 2. The first-order valence-electron chi connectivity index (χ1n) is 9.44. The number of benzene rings is 1. The van der Waals surface area contributed by atoms with Gasteiger partial charge in [0, 0.05) is 17.5 Å². The molecule has 0 unspecified atom stereocenters. The van der Waals surface area contributed by atoms with Gasteiger partial charge in [0.25, 0.3) is 5.91 Å². The van der Waals surface area contributed by atoms with Crippen molar-refractivity contribution in [2.24, 2.45) is 0 Å². The van der Waals surface area contributed by atoms with Gasteiger partial charge in [-0.25, -0.2) is 4.98 Å². The lowest BCUT2D eigenvalue weighted by atomic mass is 10.1. The van der Waals surface area contributed by atoms with Gasteiger partial charge in [-0.2, -0.15) is 0 Å². The Morgan fingerprint density at radius 1 is 1.10 bits per heavy atom. The minimum atomic E-state index is -3.69. The standard InChI is InChI=1S/C21H19F2N3O4/c1-4-12-10-28-15(5-2)19(12)20(27)26-18-9-24-14(8-25-18)13-7-17-16(6-11(13)3)29-21(22,23)30-17/h6-10H,4-5H2,1-3H3,(H,25,26,27). The lowest BCUT2D eigenvalue weighted by Gasteiger charge is -2.09. The van der Waals surface area contributed by atoms with E-state index in [0.717, 1.165) is 5.56 Å². The van der Waals surface area contributed by atoms with Crippen LogP contribution in [0.5, 0.6) is 11.5 Å². The van der Waals surface area contributed by atoms with Gasteiger partial charge in [-0.1, -0.05) is 13.8 Å². The number of rotatable bonds is 5. The van der Waals surface area contributed by atoms with Crippen LogP contribution in [0.15, 0.2) is 35.2 Å². The van der Waals surface area contributed by atoms with Crippen LogP contribution in [0.2, 0.25) is 0 Å². The topological polar surface area (TPSA) is 86.5 Å². The third-order valence-corrected chi connectivity index (χ3v) is 4.79. The summed E-state index contributed by atoms with van der Waals surface area (Å²) in [6.07, 6.45) is 2.02. The molecule has 0 radical (unpaired) electrons. The van der Waals surface area contributed by atoms with Gasteiger partial charge in [-0.15, -0.1) is 8.78 Å². The highest BCUT2D eigenvalue weighted by atomic mass is 19.3. The highest BCUT2D eigenvalue weighted by molar-refractivity contribution is 6.05. The molecule has 9 heteroatoms. The summed E-state index contributed by atoms with van der Waals surface area (Å²) < 4.78 is 41.0. The number of fused-ring (bicyclic) bond motifs is 1. The zero-order valence-electron chi connectivity index (χ0n) is 16.6. The molecular weight excluding hydrogens is 396 g/mol. The van der Waals surface area contributed by atoms with Crippen molar-refractivity contribution >= 4 is 11.7 Å². The van der Waals surface area contributed by atoms with Crippen LogP contribution < -0.4 is 14.8 Å². The third-order valence-electron chi connectivity index (χ3n) is 4.79. The van der Waals surface area contributed by atoms with Crippen molar-refractivity contribution in [3.63, 3.8) is 0 Å². The number of anilines is 1. The molecule has 0 aliphatic carbocycles. The highest BCUT2D eigenvalue weighted by Gasteiger charge is 2.43. The number of amides is 1. The Morgan fingerprint density at radius 2 is 1.83 bits per heavy atom. The fourth-order valence-corrected chi connectivity index (χ4v) is 3.32. The normalized spacial score (nSPS) is 14.0. The van der Waals surface area contributed by atoms with Gasteiger partial charge in [0.15, 0.2) is 17.3 Å². The Morgan fingerprint density at radius 3 is 2.47 bits per heavy atom. The molecule has 30 heavy (non-hydrogen) atoms. The fourth-order valence-electron chi connectivity index (χ4n) is 3.32.